The first-order valence-electron chi connectivity index (χ1n) is 8.74. The Morgan fingerprint density at radius 2 is 1.84 bits per heavy atom. The first kappa shape index (κ1) is 19.0. The van der Waals surface area contributed by atoms with Crippen LogP contribution in [0.25, 0.3) is 0 Å². The van der Waals surface area contributed by atoms with Gasteiger partial charge in [-0.1, -0.05) is 42.5 Å². The fourth-order valence-electron chi connectivity index (χ4n) is 2.73. The zero-order valence-electron chi connectivity index (χ0n) is 15.1. The standard InChI is InChI=1S/C21H27N3O/c1-18(20-9-11-21(12-10-20)25-16-13-22)23-14-6-15-24(2)17-19-7-4-3-5-8-19/h3-5,7-12,18,23H,6,14-17H2,1-2H3. The largest absolute Gasteiger partial charge is 0.479 e. The van der Waals surface area contributed by atoms with Crippen LogP contribution in [0.15, 0.2) is 54.6 Å². The lowest BCUT2D eigenvalue weighted by Crippen LogP contribution is -2.25. The second-order valence-corrected chi connectivity index (χ2v) is 6.27. The minimum Gasteiger partial charge on any atom is -0.479 e. The number of benzene rings is 2. The summed E-state index contributed by atoms with van der Waals surface area (Å²) in [5.41, 5.74) is 2.58. The minimum atomic E-state index is 0.0870. The van der Waals surface area contributed by atoms with Crippen molar-refractivity contribution in [2.45, 2.75) is 25.9 Å². The van der Waals surface area contributed by atoms with Crippen LogP contribution in [0.4, 0.5) is 0 Å². The summed E-state index contributed by atoms with van der Waals surface area (Å²) in [6, 6.07) is 20.8. The van der Waals surface area contributed by atoms with E-state index in [0.717, 1.165) is 31.8 Å². The van der Waals surface area contributed by atoms with Crippen LogP contribution in [0.2, 0.25) is 0 Å². The number of rotatable bonds is 10. The van der Waals surface area contributed by atoms with E-state index >= 15 is 0 Å². The molecule has 0 radical (unpaired) electrons. The molecule has 4 nitrogen and oxygen atoms in total. The van der Waals surface area contributed by atoms with Crippen LogP contribution >= 0.6 is 0 Å². The SMILES string of the molecule is CC(NCCCN(C)Cc1ccccc1)c1ccc(OCC#N)cc1. The number of nitrogens with zero attached hydrogens (tertiary/aromatic N) is 2. The molecule has 25 heavy (non-hydrogen) atoms. The van der Waals surface area contributed by atoms with Crippen molar-refractivity contribution in [1.29, 1.82) is 5.26 Å². The molecule has 2 rings (SSSR count). The van der Waals surface area contributed by atoms with Gasteiger partial charge < -0.3 is 15.0 Å². The monoisotopic (exact) mass is 337 g/mol. The van der Waals surface area contributed by atoms with E-state index in [1.807, 2.05) is 30.3 Å². The van der Waals surface area contributed by atoms with Crippen LogP contribution in [0.1, 0.15) is 30.5 Å². The number of nitrogens with one attached hydrogen (secondary N) is 1. The van der Waals surface area contributed by atoms with Crippen molar-refractivity contribution < 1.29 is 4.74 Å². The smallest absolute Gasteiger partial charge is 0.174 e. The van der Waals surface area contributed by atoms with Crippen molar-refractivity contribution in [3.8, 4) is 11.8 Å². The van der Waals surface area contributed by atoms with E-state index in [4.69, 9.17) is 10.00 Å². The molecule has 4 heteroatoms. The van der Waals surface area contributed by atoms with E-state index in [2.05, 4.69) is 54.5 Å². The molecular formula is C21H27N3O. The van der Waals surface area contributed by atoms with Crippen LogP contribution in [-0.4, -0.2) is 31.6 Å². The van der Waals surface area contributed by atoms with Gasteiger partial charge in [0.25, 0.3) is 0 Å². The second kappa shape index (κ2) is 10.5. The molecule has 2 aromatic rings. The van der Waals surface area contributed by atoms with Crippen LogP contribution in [0.3, 0.4) is 0 Å². The number of nitriles is 1. The Balaban J connectivity index is 1.66. The molecule has 2 aromatic carbocycles. The maximum atomic E-state index is 8.52. The molecule has 1 atom stereocenters. The Labute approximate surface area is 151 Å². The zero-order valence-corrected chi connectivity index (χ0v) is 15.1. The first-order chi connectivity index (χ1) is 12.2. The Hall–Kier alpha value is -2.35. The molecule has 0 aliphatic heterocycles. The van der Waals surface area contributed by atoms with Crippen molar-refractivity contribution >= 4 is 0 Å². The van der Waals surface area contributed by atoms with E-state index in [-0.39, 0.29) is 6.61 Å². The normalized spacial score (nSPS) is 11.9. The molecule has 132 valence electrons. The average Bonchev–Trinajstić information content (AvgIpc) is 2.64. The van der Waals surface area contributed by atoms with E-state index < -0.39 is 0 Å². The van der Waals surface area contributed by atoms with Crippen molar-refractivity contribution in [2.75, 3.05) is 26.7 Å². The number of ether oxygens (including phenoxy) is 1. The number of hydrogen-bond donors (Lipinski definition) is 1. The lowest BCUT2D eigenvalue weighted by atomic mass is 10.1. The summed E-state index contributed by atoms with van der Waals surface area (Å²) in [6.45, 7) is 5.28. The summed E-state index contributed by atoms with van der Waals surface area (Å²) in [7, 11) is 2.16. The maximum absolute atomic E-state index is 8.52. The molecule has 0 saturated carbocycles. The number of hydrogen-bond acceptors (Lipinski definition) is 4. The van der Waals surface area contributed by atoms with Gasteiger partial charge in [0.15, 0.2) is 6.61 Å². The Morgan fingerprint density at radius 1 is 1.12 bits per heavy atom. The van der Waals surface area contributed by atoms with Gasteiger partial charge >= 0.3 is 0 Å². The van der Waals surface area contributed by atoms with Gasteiger partial charge in [0, 0.05) is 12.6 Å². The highest BCUT2D eigenvalue weighted by atomic mass is 16.5. The zero-order chi connectivity index (χ0) is 17.9. The van der Waals surface area contributed by atoms with Gasteiger partial charge in [-0.25, -0.2) is 0 Å². The van der Waals surface area contributed by atoms with Crippen LogP contribution in [0, 0.1) is 11.3 Å². The summed E-state index contributed by atoms with van der Waals surface area (Å²) in [6.07, 6.45) is 1.11. The average molecular weight is 337 g/mol. The van der Waals surface area contributed by atoms with Crippen LogP contribution in [-0.2, 0) is 6.54 Å². The van der Waals surface area contributed by atoms with E-state index in [1.54, 1.807) is 0 Å². The molecule has 0 aliphatic rings. The van der Waals surface area contributed by atoms with Crippen LogP contribution in [0.5, 0.6) is 5.75 Å². The Bertz CT molecular complexity index is 649. The molecule has 0 aromatic heterocycles. The Kier molecular flexibility index (Phi) is 7.97. The summed E-state index contributed by atoms with van der Waals surface area (Å²) < 4.78 is 5.28. The van der Waals surface area contributed by atoms with E-state index in [9.17, 15) is 0 Å². The third-order valence-corrected chi connectivity index (χ3v) is 4.15. The lowest BCUT2D eigenvalue weighted by Gasteiger charge is -2.18. The molecule has 0 amide bonds. The molecule has 0 fully saturated rings. The molecule has 0 saturated heterocycles. The summed E-state index contributed by atoms with van der Waals surface area (Å²) in [4.78, 5) is 2.35. The van der Waals surface area contributed by atoms with Gasteiger partial charge in [0.1, 0.15) is 11.8 Å². The molecule has 0 bridgehead atoms. The van der Waals surface area contributed by atoms with Gasteiger partial charge in [-0.2, -0.15) is 5.26 Å². The molecule has 0 heterocycles. The van der Waals surface area contributed by atoms with Crippen molar-refractivity contribution in [3.05, 3.63) is 65.7 Å². The van der Waals surface area contributed by atoms with E-state index in [1.165, 1.54) is 11.1 Å². The topological polar surface area (TPSA) is 48.3 Å². The fourth-order valence-corrected chi connectivity index (χ4v) is 2.73. The maximum Gasteiger partial charge on any atom is 0.174 e. The molecule has 1 N–H and O–H groups in total. The molecule has 0 spiro atoms. The predicted octanol–water partition coefficient (Wildman–Crippen LogP) is 3.76. The third kappa shape index (κ3) is 6.96. The van der Waals surface area contributed by atoms with Gasteiger partial charge in [-0.3, -0.25) is 0 Å². The summed E-state index contributed by atoms with van der Waals surface area (Å²) in [5.74, 6) is 0.736. The van der Waals surface area contributed by atoms with Crippen LogP contribution < -0.4 is 10.1 Å². The fraction of sp³-hybridized carbons (Fsp3) is 0.381. The summed E-state index contributed by atoms with van der Waals surface area (Å²) in [5, 5.41) is 12.1. The quantitative estimate of drug-likeness (QED) is 0.671. The van der Waals surface area contributed by atoms with Crippen molar-refractivity contribution in [2.24, 2.45) is 0 Å². The Morgan fingerprint density at radius 3 is 2.52 bits per heavy atom. The molecule has 1 unspecified atom stereocenters. The highest BCUT2D eigenvalue weighted by Gasteiger charge is 2.05. The minimum absolute atomic E-state index is 0.0870. The van der Waals surface area contributed by atoms with Gasteiger partial charge in [-0.15, -0.1) is 0 Å². The van der Waals surface area contributed by atoms with Gasteiger partial charge in [-0.05, 0) is 56.7 Å². The highest BCUT2D eigenvalue weighted by Crippen LogP contribution is 2.17. The lowest BCUT2D eigenvalue weighted by molar-refractivity contribution is 0.317. The van der Waals surface area contributed by atoms with Crippen molar-refractivity contribution in [3.63, 3.8) is 0 Å². The molecule has 0 aliphatic carbocycles. The first-order valence-corrected chi connectivity index (χ1v) is 8.74. The third-order valence-electron chi connectivity index (χ3n) is 4.15. The summed E-state index contributed by atoms with van der Waals surface area (Å²) >= 11 is 0. The predicted molar refractivity (Wildman–Crippen MR) is 101 cm³/mol. The van der Waals surface area contributed by atoms with E-state index in [0.29, 0.717) is 6.04 Å². The second-order valence-electron chi connectivity index (χ2n) is 6.27. The van der Waals surface area contributed by atoms with Gasteiger partial charge in [0.05, 0.1) is 0 Å². The van der Waals surface area contributed by atoms with Gasteiger partial charge in [0.2, 0.25) is 0 Å². The molecular weight excluding hydrogens is 310 g/mol. The highest BCUT2D eigenvalue weighted by molar-refractivity contribution is 5.29. The van der Waals surface area contributed by atoms with Crippen molar-refractivity contribution in [1.82, 2.24) is 10.2 Å².